The van der Waals surface area contributed by atoms with Crippen LogP contribution >= 0.6 is 11.8 Å². The van der Waals surface area contributed by atoms with E-state index in [0.29, 0.717) is 28.9 Å². The summed E-state index contributed by atoms with van der Waals surface area (Å²) in [7, 11) is 1.60. The van der Waals surface area contributed by atoms with Gasteiger partial charge in [-0.1, -0.05) is 66.4 Å². The fraction of sp³-hybridized carbons (Fsp3) is 0.167. The Hall–Kier alpha value is -3.85. The number of hydrogen-bond donors (Lipinski definition) is 0. The molecule has 0 N–H and O–H groups in total. The van der Waals surface area contributed by atoms with Gasteiger partial charge in [0.2, 0.25) is 11.1 Å². The number of benzene rings is 3. The summed E-state index contributed by atoms with van der Waals surface area (Å²) in [5.41, 5.74) is 2.48. The van der Waals surface area contributed by atoms with Gasteiger partial charge < -0.3 is 9.47 Å². The molecule has 1 amide bonds. The van der Waals surface area contributed by atoms with Crippen molar-refractivity contribution in [2.75, 3.05) is 24.4 Å². The number of carbonyl (C=O) groups excluding carboxylic acids is 1. The van der Waals surface area contributed by atoms with Crippen LogP contribution < -0.4 is 14.4 Å². The summed E-state index contributed by atoms with van der Waals surface area (Å²) in [5, 5.41) is 12.5. The third kappa shape index (κ3) is 4.14. The minimum Gasteiger partial charge on any atom is -0.494 e. The number of rotatable bonds is 6. The number of ether oxygens (including phenoxy) is 2. The molecule has 0 fully saturated rings. The third-order valence-electron chi connectivity index (χ3n) is 5.37. The van der Waals surface area contributed by atoms with Gasteiger partial charge in [-0.15, -0.1) is 5.10 Å². The van der Waals surface area contributed by atoms with E-state index in [9.17, 15) is 4.79 Å². The first kappa shape index (κ1) is 21.0. The number of aromatic nitrogens is 4. The molecule has 0 bridgehead atoms. The lowest BCUT2D eigenvalue weighted by Gasteiger charge is -2.37. The largest absolute Gasteiger partial charge is 0.494 e. The second-order valence-electron chi connectivity index (χ2n) is 7.30. The van der Waals surface area contributed by atoms with Crippen molar-refractivity contribution >= 4 is 23.4 Å². The van der Waals surface area contributed by atoms with Gasteiger partial charge in [0.25, 0.3) is 0 Å². The number of methoxy groups -OCH3 is 1. The number of nitrogens with zero attached hydrogens (tertiary/aromatic N) is 5. The Morgan fingerprint density at radius 2 is 1.76 bits per heavy atom. The van der Waals surface area contributed by atoms with Gasteiger partial charge in [-0.05, 0) is 40.3 Å². The number of amides is 1. The number of tetrazole rings is 1. The zero-order chi connectivity index (χ0) is 22.6. The molecule has 0 saturated heterocycles. The molecule has 1 aliphatic heterocycles. The molecular weight excluding hydrogens is 438 g/mol. The van der Waals surface area contributed by atoms with Gasteiger partial charge in [0, 0.05) is 0 Å². The van der Waals surface area contributed by atoms with E-state index in [1.807, 2.05) is 83.8 Å². The highest BCUT2D eigenvalue weighted by Gasteiger charge is 2.33. The molecule has 1 atom stereocenters. The summed E-state index contributed by atoms with van der Waals surface area (Å²) in [5.74, 6) is 1.44. The van der Waals surface area contributed by atoms with E-state index in [1.165, 1.54) is 11.8 Å². The van der Waals surface area contributed by atoms with Crippen LogP contribution in [0.4, 0.5) is 5.69 Å². The lowest BCUT2D eigenvalue weighted by molar-refractivity contribution is -0.117. The van der Waals surface area contributed by atoms with Crippen LogP contribution in [0.1, 0.15) is 11.6 Å². The van der Waals surface area contributed by atoms with Crippen molar-refractivity contribution in [3.05, 3.63) is 84.4 Å². The van der Waals surface area contributed by atoms with Crippen molar-refractivity contribution in [1.29, 1.82) is 0 Å². The van der Waals surface area contributed by atoms with Gasteiger partial charge in [-0.2, -0.15) is 4.68 Å². The summed E-state index contributed by atoms with van der Waals surface area (Å²) < 4.78 is 13.0. The number of hydrogen-bond acceptors (Lipinski definition) is 7. The minimum absolute atomic E-state index is 0.0563. The molecule has 4 aromatic rings. The van der Waals surface area contributed by atoms with E-state index >= 15 is 0 Å². The summed E-state index contributed by atoms with van der Waals surface area (Å²) in [4.78, 5) is 15.4. The van der Waals surface area contributed by atoms with Crippen molar-refractivity contribution in [3.63, 3.8) is 0 Å². The highest BCUT2D eigenvalue weighted by Crippen LogP contribution is 2.40. The van der Waals surface area contributed by atoms with Gasteiger partial charge in [0.15, 0.2) is 0 Å². The average molecular weight is 460 g/mol. The third-order valence-corrected chi connectivity index (χ3v) is 6.27. The molecular formula is C24H21N5O3S. The standard InChI is InChI=1S/C24H21N5O3S/c1-31-21-13-7-6-12-19(21)29-24(25-26-27-29)33-16-23(30)28-18-11-5-8-14-22(18)32-15-20(28)17-9-3-2-4-10-17/h2-14,20H,15-16H2,1H3. The second-order valence-corrected chi connectivity index (χ2v) is 8.25. The van der Waals surface area contributed by atoms with E-state index < -0.39 is 0 Å². The maximum atomic E-state index is 13.6. The Kier molecular flexibility index (Phi) is 5.95. The van der Waals surface area contributed by atoms with E-state index in [-0.39, 0.29) is 17.7 Å². The monoisotopic (exact) mass is 459 g/mol. The topological polar surface area (TPSA) is 82.4 Å². The molecule has 33 heavy (non-hydrogen) atoms. The predicted molar refractivity (Wildman–Crippen MR) is 125 cm³/mol. The van der Waals surface area contributed by atoms with Crippen molar-refractivity contribution < 1.29 is 14.3 Å². The maximum absolute atomic E-state index is 13.6. The Morgan fingerprint density at radius 3 is 2.58 bits per heavy atom. The number of para-hydroxylation sites is 4. The number of thioether (sulfide) groups is 1. The molecule has 5 rings (SSSR count). The van der Waals surface area contributed by atoms with E-state index in [4.69, 9.17) is 9.47 Å². The van der Waals surface area contributed by atoms with E-state index in [0.717, 1.165) is 11.3 Å². The van der Waals surface area contributed by atoms with Crippen LogP contribution in [-0.2, 0) is 4.79 Å². The fourth-order valence-electron chi connectivity index (χ4n) is 3.84. The minimum atomic E-state index is -0.223. The molecule has 9 heteroatoms. The first-order valence-electron chi connectivity index (χ1n) is 10.4. The molecule has 2 heterocycles. The van der Waals surface area contributed by atoms with Gasteiger partial charge in [0.1, 0.15) is 23.8 Å². The number of fused-ring (bicyclic) bond motifs is 1. The predicted octanol–water partition coefficient (Wildman–Crippen LogP) is 3.93. The molecule has 1 unspecified atom stereocenters. The Balaban J connectivity index is 1.42. The summed E-state index contributed by atoms with van der Waals surface area (Å²) in [6, 6.07) is 24.8. The van der Waals surface area contributed by atoms with E-state index in [1.54, 1.807) is 11.8 Å². The highest BCUT2D eigenvalue weighted by molar-refractivity contribution is 7.99. The van der Waals surface area contributed by atoms with Crippen LogP contribution in [0.3, 0.4) is 0 Å². The van der Waals surface area contributed by atoms with E-state index in [2.05, 4.69) is 15.5 Å². The number of anilines is 1. The van der Waals surface area contributed by atoms with Crippen LogP contribution in [0.2, 0.25) is 0 Å². The second kappa shape index (κ2) is 9.33. The van der Waals surface area contributed by atoms with Crippen LogP contribution in [0.5, 0.6) is 11.5 Å². The molecule has 0 radical (unpaired) electrons. The first-order valence-corrected chi connectivity index (χ1v) is 11.4. The highest BCUT2D eigenvalue weighted by atomic mass is 32.2. The SMILES string of the molecule is COc1ccccc1-n1nnnc1SCC(=O)N1c2ccccc2OCC1c1ccccc1. The normalized spacial score (nSPS) is 14.9. The van der Waals surface area contributed by atoms with Crippen LogP contribution in [0.25, 0.3) is 5.69 Å². The zero-order valence-corrected chi connectivity index (χ0v) is 18.7. The van der Waals surface area contributed by atoms with Crippen molar-refractivity contribution in [3.8, 4) is 17.2 Å². The van der Waals surface area contributed by atoms with Crippen molar-refractivity contribution in [2.45, 2.75) is 11.2 Å². The van der Waals surface area contributed by atoms with Gasteiger partial charge >= 0.3 is 0 Å². The Morgan fingerprint density at radius 1 is 1.03 bits per heavy atom. The van der Waals surface area contributed by atoms with Crippen molar-refractivity contribution in [2.24, 2.45) is 0 Å². The fourth-order valence-corrected chi connectivity index (χ4v) is 4.58. The average Bonchev–Trinajstić information content (AvgIpc) is 3.35. The zero-order valence-electron chi connectivity index (χ0n) is 17.9. The molecule has 166 valence electrons. The lowest BCUT2D eigenvalue weighted by atomic mass is 10.0. The Labute approximate surface area is 195 Å². The van der Waals surface area contributed by atoms with Crippen LogP contribution in [0, 0.1) is 0 Å². The molecule has 1 aliphatic rings. The van der Waals surface area contributed by atoms with Gasteiger partial charge in [-0.3, -0.25) is 9.69 Å². The Bertz CT molecular complexity index is 1260. The van der Waals surface area contributed by atoms with Crippen molar-refractivity contribution in [1.82, 2.24) is 20.2 Å². The molecule has 3 aromatic carbocycles. The van der Waals surface area contributed by atoms with Crippen LogP contribution in [0.15, 0.2) is 84.0 Å². The van der Waals surface area contributed by atoms with Crippen LogP contribution in [-0.4, -0.2) is 45.6 Å². The smallest absolute Gasteiger partial charge is 0.238 e. The maximum Gasteiger partial charge on any atom is 0.238 e. The molecule has 1 aromatic heterocycles. The molecule has 0 spiro atoms. The first-order chi connectivity index (χ1) is 16.3. The summed E-state index contributed by atoms with van der Waals surface area (Å²) >= 11 is 1.28. The summed E-state index contributed by atoms with van der Waals surface area (Å²) in [6.07, 6.45) is 0. The summed E-state index contributed by atoms with van der Waals surface area (Å²) in [6.45, 7) is 0.385. The van der Waals surface area contributed by atoms with Gasteiger partial charge in [-0.25, -0.2) is 0 Å². The molecule has 0 aliphatic carbocycles. The molecule has 0 saturated carbocycles. The quantitative estimate of drug-likeness (QED) is 0.404. The van der Waals surface area contributed by atoms with Gasteiger partial charge in [0.05, 0.1) is 24.6 Å². The molecule has 8 nitrogen and oxygen atoms in total. The lowest BCUT2D eigenvalue weighted by Crippen LogP contribution is -2.42. The number of carbonyl (C=O) groups is 1.